The Morgan fingerprint density at radius 3 is 2.50 bits per heavy atom. The van der Waals surface area contributed by atoms with Crippen LogP contribution in [0.2, 0.25) is 5.02 Å². The predicted molar refractivity (Wildman–Crippen MR) is 36.7 cm³/mol. The Balaban J connectivity index is 0. The zero-order chi connectivity index (χ0) is 8.69. The maximum Gasteiger partial charge on any atom is 1.00 e. The molecule has 0 saturated heterocycles. The summed E-state index contributed by atoms with van der Waals surface area (Å²) in [6.45, 7) is -0.250. The van der Waals surface area contributed by atoms with E-state index in [1.807, 2.05) is 0 Å². The molecule has 0 aliphatic heterocycles. The van der Waals surface area contributed by atoms with Gasteiger partial charge in [0, 0.05) is 5.82 Å². The number of halogens is 2. The quantitative estimate of drug-likeness (QED) is 0.299. The molecule has 0 spiro atoms. The van der Waals surface area contributed by atoms with Crippen LogP contribution in [0.25, 0.3) is 0 Å². The van der Waals surface area contributed by atoms with Gasteiger partial charge in [0.1, 0.15) is 0 Å². The summed E-state index contributed by atoms with van der Waals surface area (Å²) in [6.07, 6.45) is 3.43. The van der Waals surface area contributed by atoms with Crippen LogP contribution in [0.4, 0.5) is 4.39 Å². The van der Waals surface area contributed by atoms with Crippen LogP contribution in [-0.2, 0) is 4.79 Å². The Hall–Kier alpha value is -0.563. The standard InChI is InChI=1S/C5H2ClFN.CH2O2.Li/c6-4-1-2-8-3-5(4)7;2-1-3;/h1-2H;1H,(H,2,3);/q-1;;+1. The van der Waals surface area contributed by atoms with Gasteiger partial charge in [0.25, 0.3) is 6.47 Å². The monoisotopic (exact) mass is 183 g/mol. The molecule has 0 saturated carbocycles. The van der Waals surface area contributed by atoms with Gasteiger partial charge in [-0.15, -0.1) is 6.07 Å². The van der Waals surface area contributed by atoms with Crippen molar-refractivity contribution in [1.29, 1.82) is 0 Å². The number of carboxylic acid groups (broad SMARTS) is 1. The molecule has 1 rings (SSSR count). The number of hydrogen-bond acceptors (Lipinski definition) is 2. The van der Waals surface area contributed by atoms with E-state index in [-0.39, 0.29) is 30.4 Å². The maximum atomic E-state index is 12.1. The maximum absolute atomic E-state index is 12.1. The molecule has 12 heavy (non-hydrogen) atoms. The van der Waals surface area contributed by atoms with E-state index >= 15 is 0 Å². The number of pyridine rings is 1. The van der Waals surface area contributed by atoms with Crippen LogP contribution in [0.15, 0.2) is 12.3 Å². The molecule has 0 aromatic carbocycles. The third-order valence-corrected chi connectivity index (χ3v) is 0.960. The molecular weight excluding hydrogens is 179 g/mol. The van der Waals surface area contributed by atoms with Crippen LogP contribution in [0.5, 0.6) is 0 Å². The average molecular weight is 183 g/mol. The summed E-state index contributed by atoms with van der Waals surface area (Å²) in [5.74, 6) is -0.603. The molecule has 0 aliphatic rings. The van der Waals surface area contributed by atoms with E-state index in [2.05, 4.69) is 11.2 Å². The van der Waals surface area contributed by atoms with Crippen molar-refractivity contribution in [2.75, 3.05) is 0 Å². The van der Waals surface area contributed by atoms with E-state index in [4.69, 9.17) is 21.5 Å². The fourth-order valence-corrected chi connectivity index (χ4v) is 0.422. The zero-order valence-electron chi connectivity index (χ0n) is 6.29. The van der Waals surface area contributed by atoms with Gasteiger partial charge in [0.2, 0.25) is 0 Å². The first kappa shape index (κ1) is 14.0. The molecule has 6 heteroatoms. The second kappa shape index (κ2) is 8.53. The minimum absolute atomic E-state index is 0. The summed E-state index contributed by atoms with van der Waals surface area (Å²) < 4.78 is 12.1. The van der Waals surface area contributed by atoms with Gasteiger partial charge < -0.3 is 10.1 Å². The van der Waals surface area contributed by atoms with E-state index in [1.165, 1.54) is 12.3 Å². The Labute approximate surface area is 85.7 Å². The molecule has 60 valence electrons. The van der Waals surface area contributed by atoms with Crippen molar-refractivity contribution >= 4 is 18.1 Å². The second-order valence-electron chi connectivity index (χ2n) is 1.32. The van der Waals surface area contributed by atoms with Crippen molar-refractivity contribution in [3.8, 4) is 0 Å². The van der Waals surface area contributed by atoms with Crippen LogP contribution in [0.3, 0.4) is 0 Å². The van der Waals surface area contributed by atoms with Crippen molar-refractivity contribution in [3.63, 3.8) is 0 Å². The van der Waals surface area contributed by atoms with Gasteiger partial charge in [-0.3, -0.25) is 4.79 Å². The van der Waals surface area contributed by atoms with Gasteiger partial charge in [-0.05, 0) is 11.2 Å². The Kier molecular flexibility index (Phi) is 9.95. The minimum Gasteiger partial charge on any atom is -0.483 e. The molecular formula is C6H4ClFLiNO2. The molecule has 1 aromatic rings. The largest absolute Gasteiger partial charge is 1.00 e. The van der Waals surface area contributed by atoms with Crippen molar-refractivity contribution in [2.24, 2.45) is 0 Å². The van der Waals surface area contributed by atoms with Gasteiger partial charge in [-0.2, -0.15) is 11.6 Å². The predicted octanol–water partition coefficient (Wildman–Crippen LogP) is -1.62. The van der Waals surface area contributed by atoms with Gasteiger partial charge >= 0.3 is 18.9 Å². The van der Waals surface area contributed by atoms with Crippen LogP contribution in [-0.4, -0.2) is 16.6 Å². The SMILES string of the molecule is Fc1[c-]nccc1Cl.O=CO.[Li+]. The molecule has 3 nitrogen and oxygen atoms in total. The third kappa shape index (κ3) is 6.17. The molecule has 0 fully saturated rings. The molecule has 0 aliphatic carbocycles. The number of carbonyl (C=O) groups is 1. The second-order valence-corrected chi connectivity index (χ2v) is 1.73. The minimum atomic E-state index is -0.603. The Morgan fingerprint density at radius 2 is 2.25 bits per heavy atom. The molecule has 0 unspecified atom stereocenters. The first-order valence-corrected chi connectivity index (χ1v) is 2.85. The first-order valence-electron chi connectivity index (χ1n) is 2.48. The zero-order valence-corrected chi connectivity index (χ0v) is 7.05. The topological polar surface area (TPSA) is 50.2 Å². The first-order chi connectivity index (χ1) is 5.22. The van der Waals surface area contributed by atoms with Crippen molar-refractivity contribution in [1.82, 2.24) is 4.98 Å². The van der Waals surface area contributed by atoms with Crippen molar-refractivity contribution in [2.45, 2.75) is 0 Å². The van der Waals surface area contributed by atoms with E-state index in [9.17, 15) is 4.39 Å². The molecule has 0 amide bonds. The number of nitrogens with zero attached hydrogens (tertiary/aromatic N) is 1. The molecule has 0 radical (unpaired) electrons. The number of hydrogen-bond donors (Lipinski definition) is 1. The Morgan fingerprint density at radius 1 is 1.75 bits per heavy atom. The summed E-state index contributed by atoms with van der Waals surface area (Å²) in [4.78, 5) is 11.7. The van der Waals surface area contributed by atoms with Crippen molar-refractivity contribution < 1.29 is 33.2 Å². The van der Waals surface area contributed by atoms with Crippen LogP contribution >= 0.6 is 11.6 Å². The van der Waals surface area contributed by atoms with E-state index in [0.29, 0.717) is 0 Å². The molecule has 0 bridgehead atoms. The van der Waals surface area contributed by atoms with Crippen LogP contribution in [0.1, 0.15) is 0 Å². The third-order valence-electron chi connectivity index (χ3n) is 0.668. The van der Waals surface area contributed by atoms with Gasteiger partial charge in [0.05, 0.1) is 0 Å². The summed E-state index contributed by atoms with van der Waals surface area (Å²) in [7, 11) is 0. The molecule has 0 atom stereocenters. The fourth-order valence-electron chi connectivity index (χ4n) is 0.323. The summed E-state index contributed by atoms with van der Waals surface area (Å²) in [5.41, 5.74) is 0. The number of rotatable bonds is 0. The Bertz CT molecular complexity index is 216. The normalized spacial score (nSPS) is 7.17. The number of aromatic nitrogens is 1. The molecule has 1 aromatic heterocycles. The summed E-state index contributed by atoms with van der Waals surface area (Å²) in [5, 5.41) is 6.94. The van der Waals surface area contributed by atoms with E-state index in [0.717, 1.165) is 0 Å². The van der Waals surface area contributed by atoms with Crippen LogP contribution < -0.4 is 18.9 Å². The van der Waals surface area contributed by atoms with Gasteiger partial charge in [0.15, 0.2) is 0 Å². The van der Waals surface area contributed by atoms with Gasteiger partial charge in [-0.25, -0.2) is 4.39 Å². The molecule has 1 N–H and O–H groups in total. The summed E-state index contributed by atoms with van der Waals surface area (Å²) in [6, 6.07) is 1.37. The van der Waals surface area contributed by atoms with E-state index < -0.39 is 5.82 Å². The van der Waals surface area contributed by atoms with Crippen LogP contribution in [0, 0.1) is 12.0 Å². The van der Waals surface area contributed by atoms with Gasteiger partial charge in [-0.1, -0.05) is 6.20 Å². The molecule has 1 heterocycles. The smallest absolute Gasteiger partial charge is 0.483 e. The average Bonchev–Trinajstić information content (AvgIpc) is 1.97. The summed E-state index contributed by atoms with van der Waals surface area (Å²) >= 11 is 5.26. The van der Waals surface area contributed by atoms with Crippen molar-refractivity contribution in [3.05, 3.63) is 29.3 Å². The van der Waals surface area contributed by atoms with E-state index in [1.54, 1.807) is 0 Å². The fraction of sp³-hybridized carbons (Fsp3) is 0.